The van der Waals surface area contributed by atoms with Gasteiger partial charge < -0.3 is 30.6 Å². The third-order valence-corrected chi connectivity index (χ3v) is 7.60. The highest BCUT2D eigenvalue weighted by Crippen LogP contribution is 2.24. The maximum atomic E-state index is 9.15. The fraction of sp³-hybridized carbons (Fsp3) is 0.333. The van der Waals surface area contributed by atoms with Crippen LogP contribution in [0.25, 0.3) is 12.2 Å². The van der Waals surface area contributed by atoms with Gasteiger partial charge in [0.25, 0.3) is 0 Å². The molecule has 0 aliphatic carbocycles. The number of nitrogens with zero attached hydrogens (tertiary/aromatic N) is 4. The highest BCUT2D eigenvalue weighted by molar-refractivity contribution is 6.42. The normalized spacial score (nSPS) is 11.5. The zero-order valence-electron chi connectivity index (χ0n) is 30.3. The van der Waals surface area contributed by atoms with Crippen LogP contribution in [0.2, 0.25) is 40.7 Å². The molecule has 18 heteroatoms. The van der Waals surface area contributed by atoms with Gasteiger partial charge in [-0.25, -0.2) is 19.9 Å². The minimum absolute atomic E-state index is 0.186. The highest BCUT2D eigenvalue weighted by atomic mass is 35.5. The Hall–Kier alpha value is -1.84. The van der Waals surface area contributed by atoms with Gasteiger partial charge in [-0.2, -0.15) is 0 Å². The molecule has 0 spiro atoms. The van der Waals surface area contributed by atoms with Crippen LogP contribution in [0.15, 0.2) is 62.2 Å². The van der Waals surface area contributed by atoms with Gasteiger partial charge in [0.2, 0.25) is 0 Å². The molecule has 4 heterocycles. The van der Waals surface area contributed by atoms with Gasteiger partial charge in [-0.1, -0.05) is 118 Å². The van der Waals surface area contributed by atoms with Crippen LogP contribution in [-0.4, -0.2) is 75.0 Å². The number of aliphatic hydroxyl groups is 6. The number of hydrogen-bond acceptors (Lipinski definition) is 10. The predicted octanol–water partition coefficient (Wildman–Crippen LogP) is 10.4. The van der Waals surface area contributed by atoms with E-state index in [1.165, 1.54) is 24.5 Å². The lowest BCUT2D eigenvalue weighted by atomic mass is 10.2. The monoisotopic (exact) mass is 908 g/mol. The average Bonchev–Trinajstić information content (AvgIpc) is 3.08. The first-order chi connectivity index (χ1) is 24.8. The quantitative estimate of drug-likeness (QED) is 0.102. The molecule has 0 unspecified atom stereocenters. The van der Waals surface area contributed by atoms with Crippen molar-refractivity contribution in [3.05, 3.63) is 125 Å². The van der Waals surface area contributed by atoms with Crippen molar-refractivity contribution in [3.8, 4) is 0 Å². The SMILES string of the molecule is C=Cc1cnc(Cl)c(Cl)c1.C=Cc1cnc(Cl)c(Cl)c1.CC(C)(C)O.CC(C)(C)O.OC[C@@H](O)c1cnc(Cl)c(Cl)c1.OC[C@H](O)c1cnc(Cl)c(Cl)c1. The van der Waals surface area contributed by atoms with E-state index in [1.54, 1.807) is 78.2 Å². The van der Waals surface area contributed by atoms with E-state index in [0.29, 0.717) is 31.5 Å². The Morgan fingerprint density at radius 1 is 0.519 bits per heavy atom. The molecule has 54 heavy (non-hydrogen) atoms. The summed E-state index contributed by atoms with van der Waals surface area (Å²) in [6.45, 7) is 16.9. The summed E-state index contributed by atoms with van der Waals surface area (Å²) >= 11 is 44.8. The molecule has 0 saturated carbocycles. The van der Waals surface area contributed by atoms with E-state index in [2.05, 4.69) is 33.1 Å². The summed E-state index contributed by atoms with van der Waals surface area (Å²) in [5.41, 5.74) is 1.64. The van der Waals surface area contributed by atoms with Crippen LogP contribution in [0.3, 0.4) is 0 Å². The van der Waals surface area contributed by atoms with Crippen LogP contribution < -0.4 is 0 Å². The standard InChI is InChI=1S/2C7H7Cl2NO2.2C7H5Cl2N.2C4H10O/c2*8-5-1-4(6(12)3-11)2-10-7(5)9;2*1-2-5-3-6(8)7(9)10-4-5;2*1-4(2,3)5/h2*1-2,6,11-12H,3H2;2*2-4H,1H2;2*5H,1-3H3/t2*6-;;;;/m10..../s1. The van der Waals surface area contributed by atoms with E-state index in [1.807, 2.05) is 0 Å². The van der Waals surface area contributed by atoms with Crippen LogP contribution in [0.4, 0.5) is 0 Å². The van der Waals surface area contributed by atoms with Crippen LogP contribution in [0.1, 0.15) is 76.0 Å². The maximum absolute atomic E-state index is 9.15. The molecule has 0 saturated heterocycles. The molecule has 0 radical (unpaired) electrons. The molecular formula is C36H44Cl8N4O6. The second-order valence-electron chi connectivity index (χ2n) is 12.3. The summed E-state index contributed by atoms with van der Waals surface area (Å²) in [4.78, 5) is 15.0. The first-order valence-electron chi connectivity index (χ1n) is 15.3. The van der Waals surface area contributed by atoms with E-state index in [9.17, 15) is 0 Å². The van der Waals surface area contributed by atoms with E-state index in [4.69, 9.17) is 123 Å². The number of halogens is 8. The van der Waals surface area contributed by atoms with E-state index in [0.717, 1.165) is 11.1 Å². The van der Waals surface area contributed by atoms with Gasteiger partial charge in [-0.15, -0.1) is 0 Å². The molecule has 0 bridgehead atoms. The molecule has 0 fully saturated rings. The Bertz CT molecular complexity index is 1590. The third kappa shape index (κ3) is 27.7. The van der Waals surface area contributed by atoms with Crippen LogP contribution in [0, 0.1) is 0 Å². The molecule has 2 atom stereocenters. The van der Waals surface area contributed by atoms with E-state index < -0.39 is 23.4 Å². The van der Waals surface area contributed by atoms with Gasteiger partial charge in [-0.3, -0.25) is 0 Å². The van der Waals surface area contributed by atoms with Gasteiger partial charge in [0.1, 0.15) is 32.8 Å². The molecule has 0 aliphatic heterocycles. The molecular weight excluding hydrogens is 868 g/mol. The van der Waals surface area contributed by atoms with Crippen molar-refractivity contribution in [2.75, 3.05) is 13.2 Å². The molecule has 0 amide bonds. The second kappa shape index (κ2) is 27.7. The number of hydrogen-bond donors (Lipinski definition) is 6. The maximum Gasteiger partial charge on any atom is 0.147 e. The Morgan fingerprint density at radius 3 is 0.926 bits per heavy atom. The zero-order valence-corrected chi connectivity index (χ0v) is 36.3. The Balaban J connectivity index is 0. The van der Waals surface area contributed by atoms with Crippen molar-refractivity contribution >= 4 is 105 Å². The molecule has 10 nitrogen and oxygen atoms in total. The molecule has 0 aliphatic rings. The second-order valence-corrected chi connectivity index (χ2v) is 15.4. The van der Waals surface area contributed by atoms with Crippen molar-refractivity contribution in [3.63, 3.8) is 0 Å². The molecule has 6 N–H and O–H groups in total. The lowest BCUT2D eigenvalue weighted by molar-refractivity contribution is 0.0953. The number of rotatable bonds is 6. The summed E-state index contributed by atoms with van der Waals surface area (Å²) in [7, 11) is 0. The minimum atomic E-state index is -0.952. The zero-order chi connectivity index (χ0) is 42.4. The van der Waals surface area contributed by atoms with Crippen LogP contribution in [0.5, 0.6) is 0 Å². The van der Waals surface area contributed by atoms with Gasteiger partial charge >= 0.3 is 0 Å². The summed E-state index contributed by atoms with van der Waals surface area (Å²) in [5, 5.41) is 55.0. The molecule has 0 aromatic carbocycles. The van der Waals surface area contributed by atoms with Crippen molar-refractivity contribution in [2.24, 2.45) is 0 Å². The van der Waals surface area contributed by atoms with Crippen molar-refractivity contribution in [2.45, 2.75) is 65.0 Å². The van der Waals surface area contributed by atoms with Crippen molar-refractivity contribution in [1.82, 2.24) is 19.9 Å². The fourth-order valence-electron chi connectivity index (χ4n) is 2.54. The highest BCUT2D eigenvalue weighted by Gasteiger charge is 2.09. The average molecular weight is 912 g/mol. The largest absolute Gasteiger partial charge is 0.393 e. The molecule has 4 aromatic rings. The van der Waals surface area contributed by atoms with Crippen LogP contribution in [-0.2, 0) is 0 Å². The Kier molecular flexibility index (Phi) is 27.8. The first kappa shape index (κ1) is 54.3. The minimum Gasteiger partial charge on any atom is -0.393 e. The summed E-state index contributed by atoms with van der Waals surface area (Å²) in [6, 6.07) is 6.36. The van der Waals surface area contributed by atoms with Crippen molar-refractivity contribution in [1.29, 1.82) is 0 Å². The third-order valence-electron chi connectivity index (χ3n) is 4.86. The molecule has 300 valence electrons. The van der Waals surface area contributed by atoms with Gasteiger partial charge in [0.05, 0.1) is 44.5 Å². The predicted molar refractivity (Wildman–Crippen MR) is 225 cm³/mol. The fourth-order valence-corrected chi connectivity index (χ4v) is 3.66. The van der Waals surface area contributed by atoms with Crippen LogP contribution >= 0.6 is 92.8 Å². The topological polar surface area (TPSA) is 173 Å². The Labute approximate surface area is 356 Å². The summed E-state index contributed by atoms with van der Waals surface area (Å²) in [5.74, 6) is 0. The van der Waals surface area contributed by atoms with E-state index in [-0.39, 0.29) is 33.6 Å². The smallest absolute Gasteiger partial charge is 0.147 e. The number of pyridine rings is 4. The lowest BCUT2D eigenvalue weighted by Gasteiger charge is -2.06. The number of aliphatic hydroxyl groups excluding tert-OH is 4. The summed E-state index contributed by atoms with van der Waals surface area (Å²) < 4.78 is 0. The van der Waals surface area contributed by atoms with Gasteiger partial charge in [0, 0.05) is 35.9 Å². The van der Waals surface area contributed by atoms with Gasteiger partial charge in [0.15, 0.2) is 0 Å². The van der Waals surface area contributed by atoms with E-state index >= 15 is 0 Å². The summed E-state index contributed by atoms with van der Waals surface area (Å²) in [6.07, 6.45) is 7.39. The molecule has 4 rings (SSSR count). The molecule has 4 aromatic heterocycles. The van der Waals surface area contributed by atoms with Gasteiger partial charge in [-0.05, 0) is 76.9 Å². The first-order valence-corrected chi connectivity index (χ1v) is 18.3. The number of aromatic nitrogens is 4. The lowest BCUT2D eigenvalue weighted by Crippen LogP contribution is -2.10. The Morgan fingerprint density at radius 2 is 0.741 bits per heavy atom. The van der Waals surface area contributed by atoms with Crippen molar-refractivity contribution < 1.29 is 30.6 Å².